The molecule has 2 rings (SSSR count). The Morgan fingerprint density at radius 3 is 3.07 bits per heavy atom. The summed E-state index contributed by atoms with van der Waals surface area (Å²) in [4.78, 5) is 15.9. The van der Waals surface area contributed by atoms with E-state index in [1.165, 1.54) is 0 Å². The smallest absolute Gasteiger partial charge is 0.146 e. The highest BCUT2D eigenvalue weighted by molar-refractivity contribution is 8.00. The fraction of sp³-hybridized carbons (Fsp3) is 0.500. The van der Waals surface area contributed by atoms with Crippen molar-refractivity contribution in [1.82, 2.24) is 4.98 Å². The number of nitrogens with zero attached hydrogens (tertiary/aromatic N) is 1. The molecule has 1 saturated heterocycles. The molecule has 0 N–H and O–H groups in total. The van der Waals surface area contributed by atoms with E-state index in [9.17, 15) is 4.79 Å². The molecular formula is C12H15NOS. The molecule has 0 bridgehead atoms. The molecule has 0 amide bonds. The van der Waals surface area contributed by atoms with Gasteiger partial charge in [-0.2, -0.15) is 11.8 Å². The SMILES string of the molecule is Cc1cccc(CCC2CSCC2=O)n1. The topological polar surface area (TPSA) is 30.0 Å². The Morgan fingerprint density at radius 2 is 2.40 bits per heavy atom. The Kier molecular flexibility index (Phi) is 3.41. The lowest BCUT2D eigenvalue weighted by molar-refractivity contribution is -0.119. The molecule has 15 heavy (non-hydrogen) atoms. The summed E-state index contributed by atoms with van der Waals surface area (Å²) in [6.07, 6.45) is 1.89. The molecule has 0 aliphatic carbocycles. The first-order valence-corrected chi connectivity index (χ1v) is 6.44. The summed E-state index contributed by atoms with van der Waals surface area (Å²) in [5, 5.41) is 0. The second-order valence-corrected chi connectivity index (χ2v) is 5.02. The summed E-state index contributed by atoms with van der Waals surface area (Å²) in [5.74, 6) is 2.42. The van der Waals surface area contributed by atoms with Crippen LogP contribution in [0.15, 0.2) is 18.2 Å². The molecule has 1 unspecified atom stereocenters. The van der Waals surface area contributed by atoms with E-state index in [0.29, 0.717) is 11.5 Å². The molecule has 0 radical (unpaired) electrons. The van der Waals surface area contributed by atoms with Crippen LogP contribution in [0, 0.1) is 12.8 Å². The quantitative estimate of drug-likeness (QED) is 0.784. The maximum absolute atomic E-state index is 11.4. The van der Waals surface area contributed by atoms with Crippen LogP contribution in [-0.2, 0) is 11.2 Å². The van der Waals surface area contributed by atoms with Crippen LogP contribution < -0.4 is 0 Å². The first kappa shape index (κ1) is 10.7. The average Bonchev–Trinajstić information content (AvgIpc) is 2.61. The van der Waals surface area contributed by atoms with Crippen molar-refractivity contribution in [3.8, 4) is 0 Å². The molecule has 2 heterocycles. The van der Waals surface area contributed by atoms with Gasteiger partial charge < -0.3 is 0 Å². The Balaban J connectivity index is 1.90. The fourth-order valence-electron chi connectivity index (χ4n) is 1.82. The zero-order valence-electron chi connectivity index (χ0n) is 8.90. The third kappa shape index (κ3) is 2.81. The Labute approximate surface area is 94.5 Å². The van der Waals surface area contributed by atoms with Gasteiger partial charge in [0.25, 0.3) is 0 Å². The highest BCUT2D eigenvalue weighted by atomic mass is 32.2. The van der Waals surface area contributed by atoms with Gasteiger partial charge in [0.1, 0.15) is 5.78 Å². The van der Waals surface area contributed by atoms with Crippen LogP contribution in [0.5, 0.6) is 0 Å². The van der Waals surface area contributed by atoms with E-state index in [0.717, 1.165) is 30.0 Å². The zero-order chi connectivity index (χ0) is 10.7. The number of hydrogen-bond acceptors (Lipinski definition) is 3. The summed E-state index contributed by atoms with van der Waals surface area (Å²) < 4.78 is 0. The third-order valence-corrected chi connectivity index (χ3v) is 3.84. The summed E-state index contributed by atoms with van der Waals surface area (Å²) in [5.41, 5.74) is 2.17. The van der Waals surface area contributed by atoms with Crippen molar-refractivity contribution >= 4 is 17.5 Å². The number of carbonyl (C=O) groups is 1. The molecule has 0 aromatic carbocycles. The van der Waals surface area contributed by atoms with Crippen molar-refractivity contribution in [1.29, 1.82) is 0 Å². The van der Waals surface area contributed by atoms with Crippen LogP contribution in [-0.4, -0.2) is 22.3 Å². The van der Waals surface area contributed by atoms with E-state index in [4.69, 9.17) is 0 Å². The van der Waals surface area contributed by atoms with Gasteiger partial charge in [-0.15, -0.1) is 0 Å². The number of Topliss-reactive ketones (excluding diaryl/α,β-unsaturated/α-hetero) is 1. The van der Waals surface area contributed by atoms with Crippen molar-refractivity contribution in [3.05, 3.63) is 29.6 Å². The van der Waals surface area contributed by atoms with Crippen molar-refractivity contribution < 1.29 is 4.79 Å². The van der Waals surface area contributed by atoms with Gasteiger partial charge in [0.15, 0.2) is 0 Å². The zero-order valence-corrected chi connectivity index (χ0v) is 9.72. The van der Waals surface area contributed by atoms with E-state index in [2.05, 4.69) is 4.98 Å². The number of thioether (sulfide) groups is 1. The van der Waals surface area contributed by atoms with Crippen molar-refractivity contribution in [2.75, 3.05) is 11.5 Å². The maximum Gasteiger partial charge on any atom is 0.146 e. The van der Waals surface area contributed by atoms with E-state index in [1.807, 2.05) is 25.1 Å². The highest BCUT2D eigenvalue weighted by Crippen LogP contribution is 2.24. The van der Waals surface area contributed by atoms with Gasteiger partial charge in [-0.05, 0) is 31.9 Å². The van der Waals surface area contributed by atoms with Crippen LogP contribution >= 0.6 is 11.8 Å². The first-order chi connectivity index (χ1) is 7.25. The van der Waals surface area contributed by atoms with E-state index >= 15 is 0 Å². The number of rotatable bonds is 3. The second-order valence-electron chi connectivity index (χ2n) is 3.99. The van der Waals surface area contributed by atoms with Crippen molar-refractivity contribution in [2.45, 2.75) is 19.8 Å². The number of aromatic nitrogens is 1. The van der Waals surface area contributed by atoms with Gasteiger partial charge in [0, 0.05) is 23.1 Å². The Bertz CT molecular complexity index is 364. The van der Waals surface area contributed by atoms with E-state index < -0.39 is 0 Å². The average molecular weight is 221 g/mol. The molecular weight excluding hydrogens is 206 g/mol. The molecule has 1 aromatic heterocycles. The molecule has 1 aliphatic heterocycles. The lowest BCUT2D eigenvalue weighted by Crippen LogP contribution is -2.12. The minimum atomic E-state index is 0.275. The number of ketones is 1. The standard InChI is InChI=1S/C12H15NOS/c1-9-3-2-4-11(13-9)6-5-10-7-15-8-12(10)14/h2-4,10H,5-8H2,1H3. The van der Waals surface area contributed by atoms with Crippen molar-refractivity contribution in [2.24, 2.45) is 5.92 Å². The van der Waals surface area contributed by atoms with Gasteiger partial charge >= 0.3 is 0 Å². The summed E-state index contributed by atoms with van der Waals surface area (Å²) in [6.45, 7) is 2.00. The van der Waals surface area contributed by atoms with Crippen LogP contribution in [0.1, 0.15) is 17.8 Å². The van der Waals surface area contributed by atoms with E-state index in [-0.39, 0.29) is 5.92 Å². The number of hydrogen-bond donors (Lipinski definition) is 0. The monoisotopic (exact) mass is 221 g/mol. The molecule has 1 fully saturated rings. The van der Waals surface area contributed by atoms with Crippen LogP contribution in [0.4, 0.5) is 0 Å². The lowest BCUT2D eigenvalue weighted by Gasteiger charge is -2.06. The van der Waals surface area contributed by atoms with Gasteiger partial charge in [0.05, 0.1) is 5.75 Å². The van der Waals surface area contributed by atoms with Gasteiger partial charge in [-0.1, -0.05) is 6.07 Å². The van der Waals surface area contributed by atoms with Crippen LogP contribution in [0.3, 0.4) is 0 Å². The lowest BCUT2D eigenvalue weighted by atomic mass is 10.0. The molecule has 1 aromatic rings. The predicted molar refractivity (Wildman–Crippen MR) is 63.1 cm³/mol. The fourth-order valence-corrected chi connectivity index (χ4v) is 3.01. The van der Waals surface area contributed by atoms with Gasteiger partial charge in [0.2, 0.25) is 0 Å². The second kappa shape index (κ2) is 4.79. The van der Waals surface area contributed by atoms with Crippen LogP contribution in [0.2, 0.25) is 0 Å². The number of aryl methyl sites for hydroxylation is 2. The number of carbonyl (C=O) groups excluding carboxylic acids is 1. The largest absolute Gasteiger partial charge is 0.298 e. The highest BCUT2D eigenvalue weighted by Gasteiger charge is 2.24. The summed E-state index contributed by atoms with van der Waals surface area (Å²) in [6, 6.07) is 6.07. The molecule has 1 aliphatic rings. The normalized spacial score (nSPS) is 20.9. The minimum absolute atomic E-state index is 0.275. The van der Waals surface area contributed by atoms with Gasteiger partial charge in [-0.3, -0.25) is 9.78 Å². The minimum Gasteiger partial charge on any atom is -0.298 e. The van der Waals surface area contributed by atoms with Gasteiger partial charge in [-0.25, -0.2) is 0 Å². The van der Waals surface area contributed by atoms with Crippen LogP contribution in [0.25, 0.3) is 0 Å². The molecule has 1 atom stereocenters. The number of pyridine rings is 1. The Morgan fingerprint density at radius 1 is 1.53 bits per heavy atom. The van der Waals surface area contributed by atoms with E-state index in [1.54, 1.807) is 11.8 Å². The predicted octanol–water partition coefficient (Wildman–Crippen LogP) is 2.25. The molecule has 0 spiro atoms. The molecule has 2 nitrogen and oxygen atoms in total. The summed E-state index contributed by atoms with van der Waals surface area (Å²) in [7, 11) is 0. The molecule has 0 saturated carbocycles. The Hall–Kier alpha value is -0.830. The maximum atomic E-state index is 11.4. The molecule has 3 heteroatoms. The summed E-state index contributed by atoms with van der Waals surface area (Å²) >= 11 is 1.76. The molecule has 80 valence electrons. The van der Waals surface area contributed by atoms with Crippen molar-refractivity contribution in [3.63, 3.8) is 0 Å². The third-order valence-electron chi connectivity index (χ3n) is 2.71. The first-order valence-electron chi connectivity index (χ1n) is 5.28.